The third-order valence-corrected chi connectivity index (χ3v) is 9.11. The van der Waals surface area contributed by atoms with Crippen LogP contribution in [0.4, 0.5) is 0 Å². The van der Waals surface area contributed by atoms with Crippen molar-refractivity contribution in [3.05, 3.63) is 54.2 Å². The maximum Gasteiger partial charge on any atom is 0.268 e. The summed E-state index contributed by atoms with van der Waals surface area (Å²) in [6.07, 6.45) is 14.2. The molecule has 0 saturated heterocycles. The highest BCUT2D eigenvalue weighted by Crippen LogP contribution is 2.49. The van der Waals surface area contributed by atoms with E-state index in [0.717, 1.165) is 60.6 Å². The second-order valence-electron chi connectivity index (χ2n) is 10.8. The van der Waals surface area contributed by atoms with Crippen LogP contribution in [0.15, 0.2) is 53.4 Å². The Morgan fingerprint density at radius 1 is 0.946 bits per heavy atom. The molecule has 2 saturated carbocycles. The molecule has 2 aliphatic carbocycles. The van der Waals surface area contributed by atoms with Gasteiger partial charge in [-0.1, -0.05) is 55.9 Å². The van der Waals surface area contributed by atoms with Gasteiger partial charge in [0.1, 0.15) is 5.69 Å². The molecule has 1 heterocycles. The lowest BCUT2D eigenvalue weighted by Gasteiger charge is -2.33. The zero-order valence-electron chi connectivity index (χ0n) is 21.1. The van der Waals surface area contributed by atoms with Gasteiger partial charge in [0.05, 0.1) is 10.4 Å². The molecule has 192 valence electrons. The first-order valence-electron chi connectivity index (χ1n) is 12.9. The van der Waals surface area contributed by atoms with Gasteiger partial charge in [0.25, 0.3) is 5.91 Å². The number of carbonyl (C=O) groups is 2. The number of carbonyl (C=O) groups excluding carboxylic acids is 2. The number of amides is 1. The predicted molar refractivity (Wildman–Crippen MR) is 145 cm³/mol. The smallest absolute Gasteiger partial charge is 0.268 e. The number of benzene rings is 2. The SMILES string of the molecule is C#CC1(CC(=O)C2(NC(=O)c3cc4ccc(-c5ccc(S(C)(=O)=O)cc5)cc4[nH]3)CCCCCC2)CC1. The number of rotatable bonds is 7. The molecule has 0 radical (unpaired) electrons. The van der Waals surface area contributed by atoms with Crippen molar-refractivity contribution < 1.29 is 18.0 Å². The van der Waals surface area contributed by atoms with Crippen molar-refractivity contribution in [1.29, 1.82) is 0 Å². The summed E-state index contributed by atoms with van der Waals surface area (Å²) in [7, 11) is -3.26. The molecule has 2 fully saturated rings. The molecule has 1 aromatic heterocycles. The zero-order valence-corrected chi connectivity index (χ0v) is 21.9. The number of aromatic amines is 1. The van der Waals surface area contributed by atoms with Crippen molar-refractivity contribution in [2.24, 2.45) is 5.41 Å². The molecule has 37 heavy (non-hydrogen) atoms. The highest BCUT2D eigenvalue weighted by molar-refractivity contribution is 7.90. The number of hydrogen-bond acceptors (Lipinski definition) is 4. The molecule has 5 rings (SSSR count). The van der Waals surface area contributed by atoms with Gasteiger partial charge in [-0.15, -0.1) is 6.42 Å². The average molecular weight is 517 g/mol. The number of Topliss-reactive ketones (excluding diaryl/α,β-unsaturated/α-hetero) is 1. The number of H-pyrrole nitrogens is 1. The normalized spacial score (nSPS) is 18.5. The van der Waals surface area contributed by atoms with Crippen LogP contribution in [-0.4, -0.2) is 36.9 Å². The molecule has 6 nitrogen and oxygen atoms in total. The minimum absolute atomic E-state index is 0.0640. The second-order valence-corrected chi connectivity index (χ2v) is 12.8. The van der Waals surface area contributed by atoms with Crippen LogP contribution < -0.4 is 5.32 Å². The molecule has 3 aromatic rings. The number of sulfone groups is 1. The van der Waals surface area contributed by atoms with Crippen molar-refractivity contribution >= 4 is 32.4 Å². The molecule has 2 aliphatic rings. The minimum atomic E-state index is -3.26. The summed E-state index contributed by atoms with van der Waals surface area (Å²) in [5.41, 5.74) is 1.79. The summed E-state index contributed by atoms with van der Waals surface area (Å²) in [4.78, 5) is 30.5. The first-order valence-corrected chi connectivity index (χ1v) is 14.8. The molecule has 0 unspecified atom stereocenters. The third-order valence-electron chi connectivity index (χ3n) is 7.99. The van der Waals surface area contributed by atoms with Crippen LogP contribution in [0.1, 0.15) is 68.3 Å². The second kappa shape index (κ2) is 9.50. The molecule has 0 spiro atoms. The number of ketones is 1. The Hall–Kier alpha value is -3.37. The van der Waals surface area contributed by atoms with Crippen LogP contribution >= 0.6 is 0 Å². The quantitative estimate of drug-likeness (QED) is 0.323. The highest BCUT2D eigenvalue weighted by Gasteiger charge is 2.48. The van der Waals surface area contributed by atoms with E-state index in [1.54, 1.807) is 30.3 Å². The standard InChI is InChI=1S/C30H32N2O4S/c1-3-29(16-17-29)20-27(33)30(14-6-4-5-7-15-30)32-28(34)26-19-23-9-8-22(18-25(23)31-26)21-10-12-24(13-11-21)37(2,35)36/h1,8-13,18-19,31H,4-7,14-17,20H2,2H3,(H,32,34). The van der Waals surface area contributed by atoms with Crippen molar-refractivity contribution in [3.63, 3.8) is 0 Å². The zero-order chi connectivity index (χ0) is 26.3. The summed E-state index contributed by atoms with van der Waals surface area (Å²) in [5, 5.41) is 4.03. The molecule has 0 atom stereocenters. The van der Waals surface area contributed by atoms with Crippen molar-refractivity contribution in [3.8, 4) is 23.5 Å². The van der Waals surface area contributed by atoms with Crippen molar-refractivity contribution in [2.75, 3.05) is 6.26 Å². The van der Waals surface area contributed by atoms with Crippen LogP contribution in [-0.2, 0) is 14.6 Å². The topological polar surface area (TPSA) is 96.1 Å². The Balaban J connectivity index is 1.39. The van der Waals surface area contributed by atoms with Crippen molar-refractivity contribution in [1.82, 2.24) is 10.3 Å². The fraction of sp³-hybridized carbons (Fsp3) is 0.400. The molecule has 1 amide bonds. The van der Waals surface area contributed by atoms with Gasteiger partial charge in [-0.05, 0) is 61.1 Å². The van der Waals surface area contributed by atoms with E-state index in [9.17, 15) is 18.0 Å². The van der Waals surface area contributed by atoms with E-state index in [1.807, 2.05) is 18.2 Å². The Morgan fingerprint density at radius 3 is 2.19 bits per heavy atom. The van der Waals surface area contributed by atoms with Gasteiger partial charge in [-0.25, -0.2) is 8.42 Å². The summed E-state index contributed by atoms with van der Waals surface area (Å²) < 4.78 is 23.5. The fourth-order valence-corrected chi connectivity index (χ4v) is 6.04. The van der Waals surface area contributed by atoms with E-state index in [2.05, 4.69) is 16.2 Å². The highest BCUT2D eigenvalue weighted by atomic mass is 32.2. The predicted octanol–water partition coefficient (Wildman–Crippen LogP) is 5.43. The fourth-order valence-electron chi connectivity index (χ4n) is 5.41. The van der Waals surface area contributed by atoms with Crippen LogP contribution in [0.3, 0.4) is 0 Å². The maximum absolute atomic E-state index is 13.6. The molecule has 0 aliphatic heterocycles. The summed E-state index contributed by atoms with van der Waals surface area (Å²) >= 11 is 0. The van der Waals surface area contributed by atoms with E-state index in [1.165, 1.54) is 6.26 Å². The van der Waals surface area contributed by atoms with E-state index in [4.69, 9.17) is 6.42 Å². The first kappa shape index (κ1) is 25.3. The maximum atomic E-state index is 13.6. The molecular weight excluding hydrogens is 484 g/mol. The van der Waals surface area contributed by atoms with Crippen LogP contribution in [0, 0.1) is 17.8 Å². The summed E-state index contributed by atoms with van der Waals surface area (Å²) in [6, 6.07) is 14.4. The van der Waals surface area contributed by atoms with Crippen LogP contribution in [0.2, 0.25) is 0 Å². The lowest BCUT2D eigenvalue weighted by atomic mass is 9.80. The van der Waals surface area contributed by atoms with Crippen molar-refractivity contribution in [2.45, 2.75) is 68.2 Å². The van der Waals surface area contributed by atoms with E-state index in [0.29, 0.717) is 25.0 Å². The Labute approximate surface area is 218 Å². The monoisotopic (exact) mass is 516 g/mol. The lowest BCUT2D eigenvalue weighted by Crippen LogP contribution is -2.54. The van der Waals surface area contributed by atoms with Gasteiger partial charge in [-0.3, -0.25) is 9.59 Å². The Morgan fingerprint density at radius 2 is 1.59 bits per heavy atom. The Bertz CT molecular complexity index is 1500. The third kappa shape index (κ3) is 5.21. The van der Waals surface area contributed by atoms with Crippen LogP contribution in [0.25, 0.3) is 22.0 Å². The van der Waals surface area contributed by atoms with Gasteiger partial charge < -0.3 is 10.3 Å². The molecule has 2 aromatic carbocycles. The minimum Gasteiger partial charge on any atom is -0.351 e. The largest absolute Gasteiger partial charge is 0.351 e. The van der Waals surface area contributed by atoms with Gasteiger partial charge in [0, 0.05) is 29.0 Å². The molecule has 2 N–H and O–H groups in total. The van der Waals surface area contributed by atoms with Crippen LogP contribution in [0.5, 0.6) is 0 Å². The molecular formula is C30H32N2O4S. The van der Waals surface area contributed by atoms with E-state index < -0.39 is 15.4 Å². The Kier molecular flexibility index (Phi) is 6.49. The van der Waals surface area contributed by atoms with E-state index in [-0.39, 0.29) is 22.0 Å². The van der Waals surface area contributed by atoms with Gasteiger partial charge in [0.15, 0.2) is 15.6 Å². The number of terminal acetylenes is 1. The number of nitrogens with one attached hydrogen (secondary N) is 2. The summed E-state index contributed by atoms with van der Waals surface area (Å²) in [5.74, 6) is 2.60. The molecule has 7 heteroatoms. The average Bonchev–Trinajstić information content (AvgIpc) is 3.58. The van der Waals surface area contributed by atoms with Gasteiger partial charge >= 0.3 is 0 Å². The first-order chi connectivity index (χ1) is 17.6. The number of fused-ring (bicyclic) bond motifs is 1. The van der Waals surface area contributed by atoms with Gasteiger partial charge in [0.2, 0.25) is 0 Å². The lowest BCUT2D eigenvalue weighted by molar-refractivity contribution is -0.126. The molecule has 0 bridgehead atoms. The van der Waals surface area contributed by atoms with Gasteiger partial charge in [-0.2, -0.15) is 0 Å². The number of hydrogen-bond donors (Lipinski definition) is 2. The number of aromatic nitrogens is 1. The van der Waals surface area contributed by atoms with E-state index >= 15 is 0 Å². The summed E-state index contributed by atoms with van der Waals surface area (Å²) in [6.45, 7) is 0.